The molecule has 2 N–H and O–H groups in total. The van der Waals surface area contributed by atoms with Gasteiger partial charge in [0.25, 0.3) is 0 Å². The van der Waals surface area contributed by atoms with Crippen LogP contribution < -0.4 is 10.6 Å². The Labute approximate surface area is 128 Å². The summed E-state index contributed by atoms with van der Waals surface area (Å²) in [6.45, 7) is 13.8. The summed E-state index contributed by atoms with van der Waals surface area (Å²) in [4.78, 5) is 2.45. The molecule has 0 radical (unpaired) electrons. The maximum absolute atomic E-state index is 4.59. The third-order valence-electron chi connectivity index (χ3n) is 3.90. The van der Waals surface area contributed by atoms with Crippen LogP contribution in [0.3, 0.4) is 0 Å². The summed E-state index contributed by atoms with van der Waals surface area (Å²) < 4.78 is 0. The molecule has 0 bridgehead atoms. The Morgan fingerprint density at radius 1 is 1.33 bits per heavy atom. The number of allylic oxidation sites excluding steroid dienone is 2. The minimum atomic E-state index is 0.335. The van der Waals surface area contributed by atoms with E-state index in [4.69, 9.17) is 0 Å². The summed E-state index contributed by atoms with van der Waals surface area (Å²) in [6, 6.07) is 0.833. The van der Waals surface area contributed by atoms with E-state index in [2.05, 4.69) is 65.5 Å². The molecule has 1 saturated heterocycles. The van der Waals surface area contributed by atoms with Crippen molar-refractivity contribution >= 4 is 6.21 Å². The predicted molar refractivity (Wildman–Crippen MR) is 89.2 cm³/mol. The lowest BCUT2D eigenvalue weighted by Crippen LogP contribution is -2.46. The standard InChI is InChI=1S/C16H29N5/c1-5-15-16(20-10-8-17-9-11-20)6-7-19-21(15)14(4)12-18-13(2)3/h5-7,13-14,17-18H,8-12H2,1-4H3/b15-5-. The van der Waals surface area contributed by atoms with Gasteiger partial charge in [0.05, 0.1) is 17.4 Å². The van der Waals surface area contributed by atoms with Crippen molar-refractivity contribution in [3.05, 3.63) is 23.5 Å². The number of nitrogens with one attached hydrogen (secondary N) is 2. The molecular weight excluding hydrogens is 262 g/mol. The van der Waals surface area contributed by atoms with Gasteiger partial charge in [-0.1, -0.05) is 19.9 Å². The first-order chi connectivity index (χ1) is 10.1. The van der Waals surface area contributed by atoms with E-state index < -0.39 is 0 Å². The van der Waals surface area contributed by atoms with E-state index in [0.29, 0.717) is 12.1 Å². The molecule has 0 aromatic heterocycles. The first-order valence-corrected chi connectivity index (χ1v) is 8.02. The van der Waals surface area contributed by atoms with Crippen molar-refractivity contribution in [2.75, 3.05) is 32.7 Å². The van der Waals surface area contributed by atoms with Gasteiger partial charge in [-0.2, -0.15) is 5.10 Å². The van der Waals surface area contributed by atoms with E-state index >= 15 is 0 Å². The lowest BCUT2D eigenvalue weighted by molar-refractivity contribution is 0.235. The maximum Gasteiger partial charge on any atom is 0.0789 e. The Morgan fingerprint density at radius 3 is 2.67 bits per heavy atom. The van der Waals surface area contributed by atoms with Crippen molar-refractivity contribution in [2.45, 2.75) is 39.8 Å². The van der Waals surface area contributed by atoms with Crippen LogP contribution in [0.1, 0.15) is 27.7 Å². The van der Waals surface area contributed by atoms with Gasteiger partial charge >= 0.3 is 0 Å². The quantitative estimate of drug-likeness (QED) is 0.803. The fraction of sp³-hybridized carbons (Fsp3) is 0.688. The lowest BCUT2D eigenvalue weighted by atomic mass is 10.1. The van der Waals surface area contributed by atoms with E-state index in [1.165, 1.54) is 11.4 Å². The number of hydrazone groups is 1. The van der Waals surface area contributed by atoms with Crippen LogP contribution in [-0.2, 0) is 0 Å². The molecule has 0 amide bonds. The van der Waals surface area contributed by atoms with Gasteiger partial charge in [0.15, 0.2) is 0 Å². The topological polar surface area (TPSA) is 42.9 Å². The van der Waals surface area contributed by atoms with Gasteiger partial charge < -0.3 is 15.5 Å². The van der Waals surface area contributed by atoms with Crippen LogP contribution in [0.4, 0.5) is 0 Å². The average Bonchev–Trinajstić information content (AvgIpc) is 2.52. The predicted octanol–water partition coefficient (Wildman–Crippen LogP) is 1.37. The van der Waals surface area contributed by atoms with Crippen LogP contribution in [0.15, 0.2) is 28.6 Å². The number of hydrogen-bond donors (Lipinski definition) is 2. The van der Waals surface area contributed by atoms with E-state index in [0.717, 1.165) is 32.7 Å². The van der Waals surface area contributed by atoms with Gasteiger partial charge in [0.1, 0.15) is 0 Å². The Morgan fingerprint density at radius 2 is 2.05 bits per heavy atom. The highest BCUT2D eigenvalue weighted by atomic mass is 15.5. The Balaban J connectivity index is 2.07. The molecule has 118 valence electrons. The van der Waals surface area contributed by atoms with Crippen LogP contribution >= 0.6 is 0 Å². The number of piperazine rings is 1. The molecule has 5 heteroatoms. The van der Waals surface area contributed by atoms with Crippen LogP contribution in [-0.4, -0.2) is 60.9 Å². The van der Waals surface area contributed by atoms with Crippen LogP contribution in [0.2, 0.25) is 0 Å². The van der Waals surface area contributed by atoms with Gasteiger partial charge in [-0.05, 0) is 19.9 Å². The highest BCUT2D eigenvalue weighted by Gasteiger charge is 2.25. The molecule has 0 aromatic rings. The minimum absolute atomic E-state index is 0.335. The summed E-state index contributed by atoms with van der Waals surface area (Å²) in [6.07, 6.45) is 6.24. The van der Waals surface area contributed by atoms with E-state index in [1.807, 2.05) is 6.21 Å². The molecule has 5 nitrogen and oxygen atoms in total. The second-order valence-electron chi connectivity index (χ2n) is 5.98. The molecule has 0 saturated carbocycles. The molecule has 21 heavy (non-hydrogen) atoms. The van der Waals surface area contributed by atoms with Crippen LogP contribution in [0.25, 0.3) is 0 Å². The largest absolute Gasteiger partial charge is 0.367 e. The highest BCUT2D eigenvalue weighted by molar-refractivity contribution is 5.75. The molecule has 0 aliphatic carbocycles. The molecule has 2 heterocycles. The molecule has 1 atom stereocenters. The van der Waals surface area contributed by atoms with Gasteiger partial charge in [0.2, 0.25) is 0 Å². The minimum Gasteiger partial charge on any atom is -0.367 e. The third-order valence-corrected chi connectivity index (χ3v) is 3.90. The van der Waals surface area contributed by atoms with Crippen LogP contribution in [0, 0.1) is 0 Å². The molecule has 0 spiro atoms. The molecule has 1 fully saturated rings. The number of nitrogens with zero attached hydrogens (tertiary/aromatic N) is 3. The Bertz CT molecular complexity index is 418. The highest BCUT2D eigenvalue weighted by Crippen LogP contribution is 2.24. The average molecular weight is 291 g/mol. The Hall–Kier alpha value is -1.33. The zero-order chi connectivity index (χ0) is 15.2. The summed E-state index contributed by atoms with van der Waals surface area (Å²) in [5.41, 5.74) is 2.52. The molecule has 2 rings (SSSR count). The molecule has 1 unspecified atom stereocenters. The van der Waals surface area contributed by atoms with E-state index in [9.17, 15) is 0 Å². The fourth-order valence-corrected chi connectivity index (χ4v) is 2.74. The number of rotatable bonds is 5. The van der Waals surface area contributed by atoms with Crippen molar-refractivity contribution in [3.8, 4) is 0 Å². The zero-order valence-electron chi connectivity index (χ0n) is 13.8. The molecule has 0 aromatic carbocycles. The molecule has 2 aliphatic heterocycles. The van der Waals surface area contributed by atoms with Crippen molar-refractivity contribution < 1.29 is 0 Å². The maximum atomic E-state index is 4.59. The summed E-state index contributed by atoms with van der Waals surface area (Å²) in [7, 11) is 0. The third kappa shape index (κ3) is 4.08. The fourth-order valence-electron chi connectivity index (χ4n) is 2.74. The first kappa shape index (κ1) is 16.0. The number of hydrogen-bond acceptors (Lipinski definition) is 5. The van der Waals surface area contributed by atoms with Crippen molar-refractivity contribution in [1.82, 2.24) is 20.5 Å². The van der Waals surface area contributed by atoms with Crippen molar-refractivity contribution in [2.24, 2.45) is 5.10 Å². The first-order valence-electron chi connectivity index (χ1n) is 8.02. The van der Waals surface area contributed by atoms with Crippen LogP contribution in [0.5, 0.6) is 0 Å². The SMILES string of the molecule is C/C=C1/C(N2CCNCC2)=CC=NN1C(C)CNC(C)C. The second-order valence-corrected chi connectivity index (χ2v) is 5.98. The Kier molecular flexibility index (Phi) is 5.82. The van der Waals surface area contributed by atoms with E-state index in [-0.39, 0.29) is 0 Å². The summed E-state index contributed by atoms with van der Waals surface area (Å²) in [5.74, 6) is 0. The smallest absolute Gasteiger partial charge is 0.0789 e. The molecule has 2 aliphatic rings. The van der Waals surface area contributed by atoms with E-state index in [1.54, 1.807) is 0 Å². The normalized spacial score (nSPS) is 22.9. The zero-order valence-corrected chi connectivity index (χ0v) is 13.8. The second kappa shape index (κ2) is 7.61. The summed E-state index contributed by atoms with van der Waals surface area (Å²) in [5, 5.41) is 13.6. The van der Waals surface area contributed by atoms with Gasteiger partial charge in [-0.3, -0.25) is 5.01 Å². The van der Waals surface area contributed by atoms with Crippen molar-refractivity contribution in [1.29, 1.82) is 0 Å². The summed E-state index contributed by atoms with van der Waals surface area (Å²) >= 11 is 0. The monoisotopic (exact) mass is 291 g/mol. The van der Waals surface area contributed by atoms with Gasteiger partial charge in [-0.15, -0.1) is 0 Å². The van der Waals surface area contributed by atoms with Crippen molar-refractivity contribution in [3.63, 3.8) is 0 Å². The lowest BCUT2D eigenvalue weighted by Gasteiger charge is -2.38. The van der Waals surface area contributed by atoms with Gasteiger partial charge in [-0.25, -0.2) is 0 Å². The van der Waals surface area contributed by atoms with Gasteiger partial charge in [0, 0.05) is 45.0 Å². The molecular formula is C16H29N5.